The number of halogens is 2. The van der Waals surface area contributed by atoms with Gasteiger partial charge in [0.2, 0.25) is 0 Å². The van der Waals surface area contributed by atoms with E-state index in [0.717, 1.165) is 18.4 Å². The number of hydrogen-bond acceptors (Lipinski definition) is 3. The number of hydrogen-bond donors (Lipinski definition) is 0. The molecule has 0 radical (unpaired) electrons. The fraction of sp³-hybridized carbons (Fsp3) is 0.318. The van der Waals surface area contributed by atoms with Crippen molar-refractivity contribution in [1.29, 1.82) is 0 Å². The number of rotatable bonds is 5. The van der Waals surface area contributed by atoms with E-state index >= 15 is 0 Å². The van der Waals surface area contributed by atoms with Crippen molar-refractivity contribution in [2.45, 2.75) is 32.4 Å². The first-order valence-corrected chi connectivity index (χ1v) is 9.35. The summed E-state index contributed by atoms with van der Waals surface area (Å²) >= 11 is 0. The molecule has 0 bridgehead atoms. The average Bonchev–Trinajstić information content (AvgIpc) is 3.31. The Morgan fingerprint density at radius 3 is 2.61 bits per heavy atom. The molecule has 2 aromatic carbocycles. The van der Waals surface area contributed by atoms with Crippen molar-refractivity contribution in [3.8, 4) is 0 Å². The molecular formula is C22H21F2NO3. The van der Waals surface area contributed by atoms with Crippen LogP contribution in [0, 0.1) is 18.6 Å². The highest BCUT2D eigenvalue weighted by Gasteiger charge is 2.27. The lowest BCUT2D eigenvalue weighted by Gasteiger charge is -2.25. The van der Waals surface area contributed by atoms with Crippen LogP contribution in [-0.4, -0.2) is 30.1 Å². The molecular weight excluding hydrogens is 364 g/mol. The van der Waals surface area contributed by atoms with E-state index in [1.54, 1.807) is 24.0 Å². The summed E-state index contributed by atoms with van der Waals surface area (Å²) in [5.41, 5.74) is 1.89. The normalized spacial score (nSPS) is 16.6. The fourth-order valence-corrected chi connectivity index (χ4v) is 3.60. The van der Waals surface area contributed by atoms with Crippen LogP contribution >= 0.6 is 0 Å². The van der Waals surface area contributed by atoms with Crippen LogP contribution in [0.3, 0.4) is 0 Å². The number of furan rings is 1. The van der Waals surface area contributed by atoms with E-state index in [-0.39, 0.29) is 29.4 Å². The molecule has 0 N–H and O–H groups in total. The van der Waals surface area contributed by atoms with Crippen molar-refractivity contribution in [3.63, 3.8) is 0 Å². The zero-order valence-electron chi connectivity index (χ0n) is 15.6. The Bertz CT molecular complexity index is 991. The molecule has 146 valence electrons. The maximum absolute atomic E-state index is 13.6. The van der Waals surface area contributed by atoms with E-state index in [4.69, 9.17) is 9.15 Å². The highest BCUT2D eigenvalue weighted by molar-refractivity contribution is 5.99. The molecule has 1 fully saturated rings. The number of carbonyl (C=O) groups is 1. The Hall–Kier alpha value is -2.73. The summed E-state index contributed by atoms with van der Waals surface area (Å²) in [7, 11) is 0. The minimum Gasteiger partial charge on any atom is -0.451 e. The van der Waals surface area contributed by atoms with Gasteiger partial charge in [0.25, 0.3) is 5.91 Å². The number of ether oxygens (including phenoxy) is 1. The van der Waals surface area contributed by atoms with Crippen molar-refractivity contribution in [3.05, 3.63) is 71.0 Å². The van der Waals surface area contributed by atoms with Gasteiger partial charge in [0.05, 0.1) is 6.10 Å². The Morgan fingerprint density at radius 1 is 1.14 bits per heavy atom. The zero-order chi connectivity index (χ0) is 19.7. The van der Waals surface area contributed by atoms with Gasteiger partial charge in [-0.1, -0.05) is 12.1 Å². The minimum absolute atomic E-state index is 0.0356. The van der Waals surface area contributed by atoms with Gasteiger partial charge in [-0.15, -0.1) is 0 Å². The SMILES string of the molecule is Cc1c(C(=O)N(Cc2ccc(F)cc2)C[C@@H]2CCCO2)oc2ccc(F)cc12. The number of amides is 1. The summed E-state index contributed by atoms with van der Waals surface area (Å²) in [5, 5.41) is 0.585. The van der Waals surface area contributed by atoms with Crippen molar-refractivity contribution in [2.75, 3.05) is 13.2 Å². The quantitative estimate of drug-likeness (QED) is 0.631. The van der Waals surface area contributed by atoms with Gasteiger partial charge in [-0.05, 0) is 55.7 Å². The molecule has 0 aliphatic carbocycles. The fourth-order valence-electron chi connectivity index (χ4n) is 3.60. The smallest absolute Gasteiger partial charge is 0.290 e. The second-order valence-corrected chi connectivity index (χ2v) is 7.14. The Kier molecular flexibility index (Phi) is 5.13. The molecule has 0 unspecified atom stereocenters. The summed E-state index contributed by atoms with van der Waals surface area (Å²) in [4.78, 5) is 14.9. The van der Waals surface area contributed by atoms with E-state index in [1.807, 2.05) is 0 Å². The lowest BCUT2D eigenvalue weighted by atomic mass is 10.1. The summed E-state index contributed by atoms with van der Waals surface area (Å²) in [6, 6.07) is 10.3. The second-order valence-electron chi connectivity index (χ2n) is 7.14. The van der Waals surface area contributed by atoms with Gasteiger partial charge >= 0.3 is 0 Å². The van der Waals surface area contributed by atoms with E-state index in [1.165, 1.54) is 30.3 Å². The van der Waals surface area contributed by atoms with Crippen LogP contribution in [0.2, 0.25) is 0 Å². The molecule has 1 amide bonds. The van der Waals surface area contributed by atoms with Crippen molar-refractivity contribution >= 4 is 16.9 Å². The third-order valence-electron chi connectivity index (χ3n) is 5.11. The van der Waals surface area contributed by atoms with Gasteiger partial charge < -0.3 is 14.1 Å². The summed E-state index contributed by atoms with van der Waals surface area (Å²) in [6.07, 6.45) is 1.82. The van der Waals surface area contributed by atoms with E-state index in [9.17, 15) is 13.6 Å². The number of aryl methyl sites for hydroxylation is 1. The minimum atomic E-state index is -0.377. The summed E-state index contributed by atoms with van der Waals surface area (Å²) < 4.78 is 38.3. The molecule has 6 heteroatoms. The van der Waals surface area contributed by atoms with Crippen LogP contribution in [-0.2, 0) is 11.3 Å². The molecule has 0 spiro atoms. The predicted molar refractivity (Wildman–Crippen MR) is 101 cm³/mol. The van der Waals surface area contributed by atoms with Crippen LogP contribution in [0.25, 0.3) is 11.0 Å². The molecule has 1 aliphatic heterocycles. The van der Waals surface area contributed by atoms with Gasteiger partial charge in [0.1, 0.15) is 17.2 Å². The highest BCUT2D eigenvalue weighted by atomic mass is 19.1. The monoisotopic (exact) mass is 385 g/mol. The van der Waals surface area contributed by atoms with Crippen molar-refractivity contribution in [1.82, 2.24) is 4.90 Å². The van der Waals surface area contributed by atoms with Crippen LogP contribution in [0.1, 0.15) is 34.5 Å². The van der Waals surface area contributed by atoms with Crippen LogP contribution in [0.15, 0.2) is 46.9 Å². The Morgan fingerprint density at radius 2 is 1.89 bits per heavy atom. The molecule has 4 nitrogen and oxygen atoms in total. The third kappa shape index (κ3) is 3.78. The molecule has 4 rings (SSSR count). The Balaban J connectivity index is 1.65. The lowest BCUT2D eigenvalue weighted by molar-refractivity contribution is 0.0485. The number of fused-ring (bicyclic) bond motifs is 1. The number of carbonyl (C=O) groups excluding carboxylic acids is 1. The Labute approximate surface area is 161 Å². The standard InChI is InChI=1S/C22H21F2NO3/c1-14-19-11-17(24)8-9-20(19)28-21(14)22(26)25(13-18-3-2-10-27-18)12-15-4-6-16(23)7-5-15/h4-9,11,18H,2-3,10,12-13H2,1H3/t18-/m0/s1. The van der Waals surface area contributed by atoms with Gasteiger partial charge in [-0.2, -0.15) is 0 Å². The molecule has 1 atom stereocenters. The first-order chi connectivity index (χ1) is 13.5. The van der Waals surface area contributed by atoms with Crippen molar-refractivity contribution < 1.29 is 22.7 Å². The van der Waals surface area contributed by atoms with Gasteiger partial charge in [-0.25, -0.2) is 8.78 Å². The molecule has 1 aromatic heterocycles. The van der Waals surface area contributed by atoms with Crippen molar-refractivity contribution in [2.24, 2.45) is 0 Å². The first-order valence-electron chi connectivity index (χ1n) is 9.35. The van der Waals surface area contributed by atoms with Gasteiger partial charge in [0.15, 0.2) is 5.76 Å². The van der Waals surface area contributed by atoms with E-state index in [2.05, 4.69) is 0 Å². The topological polar surface area (TPSA) is 42.7 Å². The third-order valence-corrected chi connectivity index (χ3v) is 5.11. The maximum atomic E-state index is 13.6. The summed E-state index contributed by atoms with van der Waals surface area (Å²) in [6.45, 7) is 3.16. The first kappa shape index (κ1) is 18.6. The molecule has 3 aromatic rings. The van der Waals surface area contributed by atoms with Crippen LogP contribution in [0.5, 0.6) is 0 Å². The lowest BCUT2D eigenvalue weighted by Crippen LogP contribution is -2.37. The molecule has 1 saturated heterocycles. The maximum Gasteiger partial charge on any atom is 0.290 e. The molecule has 2 heterocycles. The highest BCUT2D eigenvalue weighted by Crippen LogP contribution is 2.28. The average molecular weight is 385 g/mol. The summed E-state index contributed by atoms with van der Waals surface area (Å²) in [5.74, 6) is -0.788. The number of benzene rings is 2. The predicted octanol–water partition coefficient (Wildman–Crippen LogP) is 4.84. The van der Waals surface area contributed by atoms with E-state index in [0.29, 0.717) is 36.2 Å². The van der Waals surface area contributed by atoms with Gasteiger partial charge in [0, 0.05) is 30.6 Å². The van der Waals surface area contributed by atoms with Gasteiger partial charge in [-0.3, -0.25) is 4.79 Å². The van der Waals surface area contributed by atoms with Crippen LogP contribution < -0.4 is 0 Å². The molecule has 1 aliphatic rings. The van der Waals surface area contributed by atoms with E-state index < -0.39 is 0 Å². The molecule has 28 heavy (non-hydrogen) atoms. The second kappa shape index (κ2) is 7.72. The number of nitrogens with zero attached hydrogens (tertiary/aromatic N) is 1. The van der Waals surface area contributed by atoms with Crippen LogP contribution in [0.4, 0.5) is 8.78 Å². The molecule has 0 saturated carbocycles. The zero-order valence-corrected chi connectivity index (χ0v) is 15.6. The largest absolute Gasteiger partial charge is 0.451 e.